The van der Waals surface area contributed by atoms with Gasteiger partial charge in [-0.1, -0.05) is 0 Å². The van der Waals surface area contributed by atoms with Gasteiger partial charge >= 0.3 is 35.5 Å². The van der Waals surface area contributed by atoms with Crippen LogP contribution in [0.4, 0.5) is 0 Å². The fraction of sp³-hybridized carbons (Fsp3) is 1.00. The van der Waals surface area contributed by atoms with Crippen molar-refractivity contribution in [3.05, 3.63) is 0 Å². The second kappa shape index (κ2) is 6.09. The quantitative estimate of drug-likeness (QED) is 0.318. The smallest absolute Gasteiger partial charge is 1.00 e. The zero-order valence-corrected chi connectivity index (χ0v) is 6.99. The zero-order valence-electron chi connectivity index (χ0n) is 5.99. The minimum absolute atomic E-state index is 0. The normalized spacial score (nSPS) is 7.83. The molecule has 6 heavy (non-hydrogen) atoms. The summed E-state index contributed by atoms with van der Waals surface area (Å²) in [5, 5.41) is 0. The van der Waals surface area contributed by atoms with E-state index in [2.05, 4.69) is 0 Å². The van der Waals surface area contributed by atoms with E-state index < -0.39 is 0 Å². The van der Waals surface area contributed by atoms with Crippen LogP contribution in [0.5, 0.6) is 0 Å². The molecular formula is C3H10AlLiO. The van der Waals surface area contributed by atoms with Crippen molar-refractivity contribution in [3.63, 3.8) is 0 Å². The van der Waals surface area contributed by atoms with E-state index in [1.54, 1.807) is 0 Å². The molecule has 3 heteroatoms. The van der Waals surface area contributed by atoms with Gasteiger partial charge in [-0.25, -0.2) is 0 Å². The average Bonchev–Trinajstić information content (AvgIpc) is 1.38. The summed E-state index contributed by atoms with van der Waals surface area (Å²) in [4.78, 5) is 0. The van der Waals surface area contributed by atoms with Crippen LogP contribution in [-0.4, -0.2) is 22.7 Å². The summed E-state index contributed by atoms with van der Waals surface area (Å²) in [6.45, 7) is 4.07. The Bertz CT molecular complexity index is 28.9. The fourth-order valence-electron chi connectivity index (χ4n) is 0. The molecule has 0 aliphatic rings. The Morgan fingerprint density at radius 3 is 1.83 bits per heavy atom. The number of hydrogen-bond donors (Lipinski definition) is 0. The zero-order chi connectivity index (χ0) is 4.28. The maximum absolute atomic E-state index is 4.89. The van der Waals surface area contributed by atoms with Crippen molar-refractivity contribution < 1.29 is 24.1 Å². The molecule has 0 amide bonds. The van der Waals surface area contributed by atoms with E-state index in [4.69, 9.17) is 3.79 Å². The molecule has 0 spiro atoms. The minimum atomic E-state index is 0. The summed E-state index contributed by atoms with van der Waals surface area (Å²) in [5.74, 6) is 0. The van der Waals surface area contributed by atoms with Gasteiger partial charge in [0.15, 0.2) is 0 Å². The van der Waals surface area contributed by atoms with Crippen molar-refractivity contribution in [1.29, 1.82) is 0 Å². The molecule has 0 fully saturated rings. The predicted molar refractivity (Wildman–Crippen MR) is 25.9 cm³/mol. The van der Waals surface area contributed by atoms with E-state index in [-0.39, 0.29) is 20.3 Å². The molecule has 0 radical (unpaired) electrons. The third-order valence-corrected chi connectivity index (χ3v) is 1.41. The Kier molecular flexibility index (Phi) is 10.3. The summed E-state index contributed by atoms with van der Waals surface area (Å²) in [6, 6.07) is 0. The molecule has 0 aromatic carbocycles. The minimum Gasteiger partial charge on any atom is -1.00 e. The predicted octanol–water partition coefficient (Wildman–Crippen LogP) is -2.92. The Balaban J connectivity index is -0.0000000800. The maximum Gasteiger partial charge on any atom is 1.00 e. The fourth-order valence-corrected chi connectivity index (χ4v) is 0. The van der Waals surface area contributed by atoms with E-state index in [0.29, 0.717) is 6.10 Å². The summed E-state index contributed by atoms with van der Waals surface area (Å²) in [5.41, 5.74) is 0. The first-order valence-corrected chi connectivity index (χ1v) is 2.62. The van der Waals surface area contributed by atoms with Gasteiger partial charge in [-0.05, 0) is 13.8 Å². The molecule has 0 aliphatic heterocycles. The summed E-state index contributed by atoms with van der Waals surface area (Å²) < 4.78 is 4.89. The second-order valence-electron chi connectivity index (χ2n) is 1.28. The molecule has 0 saturated heterocycles. The molecule has 0 heterocycles. The average molecular weight is 96.0 g/mol. The first-order valence-electron chi connectivity index (χ1n) is 1.80. The molecule has 0 N–H and O–H groups in total. The van der Waals surface area contributed by atoms with E-state index in [9.17, 15) is 0 Å². The van der Waals surface area contributed by atoms with Gasteiger partial charge in [-0.3, -0.25) is 0 Å². The third-order valence-electron chi connectivity index (χ3n) is 0.471. The Morgan fingerprint density at radius 1 is 1.67 bits per heavy atom. The summed E-state index contributed by atoms with van der Waals surface area (Å²) >= 11 is 0.873. The molecule has 0 bridgehead atoms. The van der Waals surface area contributed by atoms with Gasteiger partial charge in [0, 0.05) is 6.10 Å². The van der Waals surface area contributed by atoms with Crippen molar-refractivity contribution in [2.75, 3.05) is 0 Å². The monoisotopic (exact) mass is 96.1 g/mol. The SMILES string of the molecule is CC(C)[O][AlH2].[H-].[Li+]. The Labute approximate surface area is 60.9 Å². The van der Waals surface area contributed by atoms with Crippen LogP contribution in [-0.2, 0) is 3.79 Å². The standard InChI is InChI=1S/C3H7O.Al.Li.3H/c1-3(2)4;;;;;/h3H,1-2H3;;;;;/q-1;2*+1;;;-1. The topological polar surface area (TPSA) is 9.23 Å². The van der Waals surface area contributed by atoms with Crippen LogP contribution in [0.15, 0.2) is 0 Å². The molecule has 1 nitrogen and oxygen atoms in total. The van der Waals surface area contributed by atoms with Crippen LogP contribution >= 0.6 is 0 Å². The number of hydrogen-bond acceptors (Lipinski definition) is 1. The maximum atomic E-state index is 4.89. The molecule has 0 aliphatic carbocycles. The van der Waals surface area contributed by atoms with Crippen molar-refractivity contribution in [2.45, 2.75) is 20.0 Å². The molecule has 0 unspecified atom stereocenters. The van der Waals surface area contributed by atoms with E-state index >= 15 is 0 Å². The van der Waals surface area contributed by atoms with Crippen LogP contribution in [0.25, 0.3) is 0 Å². The summed E-state index contributed by atoms with van der Waals surface area (Å²) in [6.07, 6.45) is 0.446. The molecule has 0 saturated carbocycles. The molecule has 0 atom stereocenters. The van der Waals surface area contributed by atoms with Crippen molar-refractivity contribution >= 4 is 16.6 Å². The molecule has 0 aromatic rings. The van der Waals surface area contributed by atoms with Crippen LogP contribution in [0.2, 0.25) is 0 Å². The van der Waals surface area contributed by atoms with Crippen LogP contribution < -0.4 is 18.9 Å². The summed E-state index contributed by atoms with van der Waals surface area (Å²) in [7, 11) is 0. The van der Waals surface area contributed by atoms with Crippen molar-refractivity contribution in [1.82, 2.24) is 0 Å². The number of rotatable bonds is 1. The Morgan fingerprint density at radius 2 is 1.83 bits per heavy atom. The third kappa shape index (κ3) is 8.92. The Hall–Kier alpha value is 1.09. The largest absolute Gasteiger partial charge is 1.00 e. The van der Waals surface area contributed by atoms with Gasteiger partial charge in [0.2, 0.25) is 0 Å². The second-order valence-corrected chi connectivity index (χ2v) is 1.76. The van der Waals surface area contributed by atoms with Crippen molar-refractivity contribution in [3.8, 4) is 0 Å². The van der Waals surface area contributed by atoms with Crippen LogP contribution in [0.3, 0.4) is 0 Å². The van der Waals surface area contributed by atoms with Crippen LogP contribution in [0, 0.1) is 0 Å². The van der Waals surface area contributed by atoms with Gasteiger partial charge in [0.1, 0.15) is 0 Å². The van der Waals surface area contributed by atoms with Gasteiger partial charge in [-0.15, -0.1) is 0 Å². The van der Waals surface area contributed by atoms with E-state index in [1.165, 1.54) is 0 Å². The van der Waals surface area contributed by atoms with Gasteiger partial charge in [0.05, 0.1) is 0 Å². The molecular weight excluding hydrogens is 86.0 g/mol. The van der Waals surface area contributed by atoms with E-state index in [1.807, 2.05) is 13.8 Å². The first kappa shape index (κ1) is 10.1. The van der Waals surface area contributed by atoms with Crippen molar-refractivity contribution in [2.24, 2.45) is 0 Å². The first-order chi connectivity index (χ1) is 2.27. The van der Waals surface area contributed by atoms with Gasteiger partial charge in [-0.2, -0.15) is 0 Å². The van der Waals surface area contributed by atoms with Crippen LogP contribution in [0.1, 0.15) is 15.3 Å². The van der Waals surface area contributed by atoms with Gasteiger partial charge in [0.25, 0.3) is 0 Å². The van der Waals surface area contributed by atoms with Gasteiger partial charge < -0.3 is 5.22 Å². The molecule has 0 aromatic heterocycles. The molecule has 32 valence electrons. The molecule has 0 rings (SSSR count). The van der Waals surface area contributed by atoms with E-state index in [0.717, 1.165) is 16.6 Å².